The molecule has 1 saturated heterocycles. The van der Waals surface area contributed by atoms with Crippen LogP contribution in [0.2, 0.25) is 0 Å². The van der Waals surface area contributed by atoms with Crippen molar-refractivity contribution < 1.29 is 18.2 Å². The molecule has 0 saturated carbocycles. The van der Waals surface area contributed by atoms with Gasteiger partial charge in [0.05, 0.1) is 39.6 Å². The number of nitrogens with zero attached hydrogens (tertiary/aromatic N) is 2. The molecule has 0 spiro atoms. The van der Waals surface area contributed by atoms with Crippen molar-refractivity contribution in [1.29, 1.82) is 0 Å². The lowest BCUT2D eigenvalue weighted by Crippen LogP contribution is -2.53. The Kier molecular flexibility index (Phi) is 5.30. The van der Waals surface area contributed by atoms with Crippen LogP contribution in [0, 0.1) is 4.91 Å². The zero-order valence-corrected chi connectivity index (χ0v) is 12.1. The maximum atomic E-state index is 11.4. The van der Waals surface area contributed by atoms with Gasteiger partial charge in [0.25, 0.3) is 0 Å². The van der Waals surface area contributed by atoms with Gasteiger partial charge in [0.1, 0.15) is 5.54 Å². The van der Waals surface area contributed by atoms with Crippen LogP contribution in [0.3, 0.4) is 0 Å². The third-order valence-corrected chi connectivity index (χ3v) is 3.75. The molecule has 1 N–H and O–H groups in total. The number of piperidine rings is 1. The molecule has 8 heteroatoms. The van der Waals surface area contributed by atoms with Crippen molar-refractivity contribution in [2.45, 2.75) is 25.3 Å². The molecule has 19 heavy (non-hydrogen) atoms. The van der Waals surface area contributed by atoms with E-state index in [-0.39, 0.29) is 13.2 Å². The van der Waals surface area contributed by atoms with Crippen LogP contribution in [-0.2, 0) is 14.3 Å². The molecule has 1 heterocycles. The maximum Gasteiger partial charge on any atom is 0.396 e. The molecular formula is C11H20N3O4S+. The second-order valence-corrected chi connectivity index (χ2v) is 5.97. The largest absolute Gasteiger partial charge is 0.459 e. The molecule has 1 aliphatic rings. The normalized spacial score (nSPS) is 30.5. The second-order valence-electron chi connectivity index (χ2n) is 5.00. The molecule has 108 valence electrons. The Morgan fingerprint density at radius 3 is 2.47 bits per heavy atom. The van der Waals surface area contributed by atoms with Crippen LogP contribution < -0.4 is 5.32 Å². The standard InChI is InChI=1S/C11H19N3O4S/c1-3-18-10(16)9(15)12-8-11(13-17)4-6-14(2,19)7-5-11/h19H,3-8H2,1-2H3/p+1. The Hall–Kier alpha value is -1.15. The molecule has 0 atom stereocenters. The number of nitroso groups, excluding NO2 is 1. The average molecular weight is 290 g/mol. The van der Waals surface area contributed by atoms with E-state index in [2.05, 4.69) is 28.0 Å². The van der Waals surface area contributed by atoms with Crippen molar-refractivity contribution in [2.24, 2.45) is 5.18 Å². The summed E-state index contributed by atoms with van der Waals surface area (Å²) in [6.45, 7) is 3.18. The lowest BCUT2D eigenvalue weighted by atomic mass is 9.88. The lowest BCUT2D eigenvalue weighted by Gasteiger charge is -2.38. The number of thiol groups is 1. The number of hydrogen-bond acceptors (Lipinski definition) is 6. The monoisotopic (exact) mass is 290 g/mol. The highest BCUT2D eigenvalue weighted by atomic mass is 32.1. The van der Waals surface area contributed by atoms with Gasteiger partial charge in [0, 0.05) is 19.4 Å². The van der Waals surface area contributed by atoms with E-state index in [0.29, 0.717) is 29.8 Å². The summed E-state index contributed by atoms with van der Waals surface area (Å²) in [5.74, 6) is -1.77. The second kappa shape index (κ2) is 6.33. The Morgan fingerprint density at radius 2 is 2.00 bits per heavy atom. The number of nitrogens with one attached hydrogen (secondary N) is 1. The number of ether oxygens (including phenoxy) is 1. The van der Waals surface area contributed by atoms with Crippen LogP contribution in [0.5, 0.6) is 0 Å². The molecule has 0 aromatic carbocycles. The predicted octanol–water partition coefficient (Wildman–Crippen LogP) is 0.256. The third-order valence-electron chi connectivity index (χ3n) is 3.35. The van der Waals surface area contributed by atoms with Gasteiger partial charge < -0.3 is 10.1 Å². The van der Waals surface area contributed by atoms with Gasteiger partial charge in [0.15, 0.2) is 0 Å². The number of carbonyl (C=O) groups is 2. The molecule has 1 rings (SSSR count). The van der Waals surface area contributed by atoms with E-state index in [1.165, 1.54) is 0 Å². The first-order valence-electron chi connectivity index (χ1n) is 6.21. The van der Waals surface area contributed by atoms with Crippen molar-refractivity contribution >= 4 is 24.7 Å². The Balaban J connectivity index is 2.52. The molecule has 0 radical (unpaired) electrons. The van der Waals surface area contributed by atoms with Gasteiger partial charge in [-0.15, -0.1) is 0 Å². The fraction of sp³-hybridized carbons (Fsp3) is 0.818. The smallest absolute Gasteiger partial charge is 0.396 e. The highest BCUT2D eigenvalue weighted by Crippen LogP contribution is 2.30. The highest BCUT2D eigenvalue weighted by molar-refractivity contribution is 7.74. The third kappa shape index (κ3) is 4.46. The van der Waals surface area contributed by atoms with Crippen LogP contribution in [0.25, 0.3) is 0 Å². The maximum absolute atomic E-state index is 11.4. The number of likely N-dealkylation sites (tertiary alicyclic amines) is 1. The number of rotatable bonds is 4. The van der Waals surface area contributed by atoms with Gasteiger partial charge in [-0.25, -0.2) is 4.79 Å². The first-order valence-corrected chi connectivity index (χ1v) is 6.61. The van der Waals surface area contributed by atoms with Crippen LogP contribution >= 0.6 is 12.8 Å². The quantitative estimate of drug-likeness (QED) is 0.256. The number of amides is 1. The highest BCUT2D eigenvalue weighted by Gasteiger charge is 2.41. The minimum Gasteiger partial charge on any atom is -0.459 e. The Labute approximate surface area is 117 Å². The van der Waals surface area contributed by atoms with E-state index in [0.717, 1.165) is 0 Å². The molecule has 1 fully saturated rings. The van der Waals surface area contributed by atoms with Gasteiger partial charge in [0.2, 0.25) is 0 Å². The summed E-state index contributed by atoms with van der Waals surface area (Å²) in [6, 6.07) is 0. The molecule has 0 bridgehead atoms. The topological polar surface area (TPSA) is 84.8 Å². The molecule has 1 amide bonds. The summed E-state index contributed by atoms with van der Waals surface area (Å²) < 4.78 is 5.10. The summed E-state index contributed by atoms with van der Waals surface area (Å²) in [5.41, 5.74) is -0.845. The SMILES string of the molecule is CCOC(=O)C(=O)NCC1(N=O)CC[N+](C)(S)CC1. The molecule has 0 aliphatic carbocycles. The number of hydrogen-bond donors (Lipinski definition) is 2. The van der Waals surface area contributed by atoms with Crippen molar-refractivity contribution in [1.82, 2.24) is 5.32 Å². The zero-order valence-electron chi connectivity index (χ0n) is 11.2. The van der Waals surface area contributed by atoms with Gasteiger partial charge in [-0.3, -0.25) is 8.68 Å². The average Bonchev–Trinajstić information content (AvgIpc) is 2.38. The summed E-state index contributed by atoms with van der Waals surface area (Å²) in [5, 5.41) is 5.58. The zero-order chi connectivity index (χ0) is 14.5. The molecule has 0 unspecified atom stereocenters. The summed E-state index contributed by atoms with van der Waals surface area (Å²) >= 11 is 4.44. The molecule has 0 aromatic heterocycles. The minimum absolute atomic E-state index is 0.0575. The first kappa shape index (κ1) is 15.9. The van der Waals surface area contributed by atoms with Crippen LogP contribution in [0.4, 0.5) is 0 Å². The van der Waals surface area contributed by atoms with Gasteiger partial charge in [-0.2, -0.15) is 4.91 Å². The van der Waals surface area contributed by atoms with E-state index in [9.17, 15) is 14.5 Å². The first-order chi connectivity index (χ1) is 8.84. The van der Waals surface area contributed by atoms with E-state index in [4.69, 9.17) is 0 Å². The molecule has 0 aromatic rings. The fourth-order valence-electron chi connectivity index (χ4n) is 1.95. The van der Waals surface area contributed by atoms with Crippen LogP contribution in [0.1, 0.15) is 19.8 Å². The molecule has 7 nitrogen and oxygen atoms in total. The van der Waals surface area contributed by atoms with Crippen molar-refractivity contribution in [3.8, 4) is 0 Å². The van der Waals surface area contributed by atoms with E-state index in [1.807, 2.05) is 7.05 Å². The van der Waals surface area contributed by atoms with Crippen LogP contribution in [0.15, 0.2) is 5.18 Å². The lowest BCUT2D eigenvalue weighted by molar-refractivity contribution is -0.778. The number of esters is 1. The van der Waals surface area contributed by atoms with E-state index < -0.39 is 17.4 Å². The van der Waals surface area contributed by atoms with Crippen molar-refractivity contribution in [3.05, 3.63) is 4.91 Å². The summed E-state index contributed by atoms with van der Waals surface area (Å²) in [4.78, 5) is 33.6. The Bertz CT molecular complexity index is 363. The minimum atomic E-state index is -0.936. The van der Waals surface area contributed by atoms with Gasteiger partial charge in [-0.05, 0) is 6.92 Å². The fourth-order valence-corrected chi connectivity index (χ4v) is 2.15. The predicted molar refractivity (Wildman–Crippen MR) is 72.3 cm³/mol. The summed E-state index contributed by atoms with van der Waals surface area (Å²) in [6.07, 6.45) is 1.05. The molecule has 1 aliphatic heterocycles. The van der Waals surface area contributed by atoms with Crippen LogP contribution in [-0.4, -0.2) is 54.6 Å². The van der Waals surface area contributed by atoms with Crippen molar-refractivity contribution in [2.75, 3.05) is 33.3 Å². The van der Waals surface area contributed by atoms with Crippen molar-refractivity contribution in [3.63, 3.8) is 0 Å². The number of carbonyl (C=O) groups excluding carboxylic acids is 2. The molecular weight excluding hydrogens is 270 g/mol. The van der Waals surface area contributed by atoms with Gasteiger partial charge in [-0.1, -0.05) is 5.18 Å². The number of quaternary nitrogens is 1. The van der Waals surface area contributed by atoms with Gasteiger partial charge >= 0.3 is 11.9 Å². The summed E-state index contributed by atoms with van der Waals surface area (Å²) in [7, 11) is 1.95. The van der Waals surface area contributed by atoms with E-state index >= 15 is 0 Å². The Morgan fingerprint density at radius 1 is 1.42 bits per heavy atom. The van der Waals surface area contributed by atoms with E-state index in [1.54, 1.807) is 6.92 Å².